The minimum absolute atomic E-state index is 0.328. The van der Waals surface area contributed by atoms with Crippen LogP contribution in [0.1, 0.15) is 43.1 Å². The molecule has 0 aromatic heterocycles. The van der Waals surface area contributed by atoms with Crippen molar-refractivity contribution in [1.29, 1.82) is 0 Å². The number of carbonyl (C=O) groups is 1. The highest BCUT2D eigenvalue weighted by molar-refractivity contribution is 5.73. The molecule has 0 saturated heterocycles. The van der Waals surface area contributed by atoms with E-state index in [1.807, 2.05) is 39.0 Å². The van der Waals surface area contributed by atoms with Gasteiger partial charge in [-0.05, 0) is 43.9 Å². The number of esters is 1. The van der Waals surface area contributed by atoms with Crippen LogP contribution in [0.4, 0.5) is 0 Å². The maximum atomic E-state index is 11.8. The molecule has 0 spiro atoms. The molecule has 0 amide bonds. The van der Waals surface area contributed by atoms with Gasteiger partial charge in [0.1, 0.15) is 0 Å². The molecule has 18 heavy (non-hydrogen) atoms. The lowest BCUT2D eigenvalue weighted by Gasteiger charge is -2.21. The molecule has 1 aromatic rings. The van der Waals surface area contributed by atoms with Crippen molar-refractivity contribution in [1.82, 2.24) is 0 Å². The lowest BCUT2D eigenvalue weighted by Crippen LogP contribution is -2.24. The Morgan fingerprint density at radius 3 is 2.44 bits per heavy atom. The molecular weight excluding hydrogens is 228 g/mol. The Morgan fingerprint density at radius 1 is 1.28 bits per heavy atom. The number of hydrogen-bond acceptors (Lipinski definition) is 3. The highest BCUT2D eigenvalue weighted by Crippen LogP contribution is 2.27. The average Bonchev–Trinajstić information content (AvgIpc) is 2.33. The Labute approximate surface area is 109 Å². The van der Waals surface area contributed by atoms with Crippen LogP contribution in [0.15, 0.2) is 18.2 Å². The molecular formula is C15H22O3. The van der Waals surface area contributed by atoms with Gasteiger partial charge in [-0.1, -0.05) is 25.1 Å². The van der Waals surface area contributed by atoms with Crippen LogP contribution in [0.2, 0.25) is 0 Å². The third-order valence-electron chi connectivity index (χ3n) is 3.28. The maximum absolute atomic E-state index is 11.8. The van der Waals surface area contributed by atoms with Crippen LogP contribution in [0, 0.1) is 19.8 Å². The number of benzene rings is 1. The Balaban J connectivity index is 2.92. The third-order valence-corrected chi connectivity index (χ3v) is 3.28. The van der Waals surface area contributed by atoms with Gasteiger partial charge >= 0.3 is 5.97 Å². The van der Waals surface area contributed by atoms with Crippen molar-refractivity contribution in [3.8, 4) is 0 Å². The van der Waals surface area contributed by atoms with Crippen LogP contribution >= 0.6 is 0 Å². The highest BCUT2D eigenvalue weighted by Gasteiger charge is 2.27. The lowest BCUT2D eigenvalue weighted by atomic mass is 9.92. The molecule has 1 N–H and O–H groups in total. The van der Waals surface area contributed by atoms with Crippen molar-refractivity contribution in [3.63, 3.8) is 0 Å². The first-order valence-corrected chi connectivity index (χ1v) is 6.43. The van der Waals surface area contributed by atoms with Gasteiger partial charge in [-0.2, -0.15) is 0 Å². The summed E-state index contributed by atoms with van der Waals surface area (Å²) in [5, 5.41) is 10.3. The van der Waals surface area contributed by atoms with E-state index in [0.29, 0.717) is 13.0 Å². The van der Waals surface area contributed by atoms with Gasteiger partial charge in [0.15, 0.2) is 0 Å². The molecule has 1 aromatic carbocycles. The van der Waals surface area contributed by atoms with Crippen molar-refractivity contribution in [2.75, 3.05) is 6.61 Å². The van der Waals surface area contributed by atoms with E-state index in [4.69, 9.17) is 4.74 Å². The molecule has 0 radical (unpaired) electrons. The van der Waals surface area contributed by atoms with Crippen molar-refractivity contribution in [2.45, 2.75) is 40.2 Å². The first-order chi connectivity index (χ1) is 8.51. The Bertz CT molecular complexity index is 412. The average molecular weight is 250 g/mol. The van der Waals surface area contributed by atoms with Gasteiger partial charge in [-0.25, -0.2) is 0 Å². The third kappa shape index (κ3) is 3.33. The minimum atomic E-state index is -0.798. The van der Waals surface area contributed by atoms with E-state index >= 15 is 0 Å². The Kier molecular flexibility index (Phi) is 5.35. The highest BCUT2D eigenvalue weighted by atomic mass is 16.5. The SMILES string of the molecule is CCOC(=O)C(CC)C(O)c1ccc(C)c(C)c1. The number of hydrogen-bond donors (Lipinski definition) is 1. The second-order valence-corrected chi connectivity index (χ2v) is 4.56. The summed E-state index contributed by atoms with van der Waals surface area (Å²) in [5.74, 6) is -0.821. The van der Waals surface area contributed by atoms with Crippen molar-refractivity contribution in [3.05, 3.63) is 34.9 Å². The van der Waals surface area contributed by atoms with Gasteiger partial charge in [-0.15, -0.1) is 0 Å². The summed E-state index contributed by atoms with van der Waals surface area (Å²) in [4.78, 5) is 11.8. The first-order valence-electron chi connectivity index (χ1n) is 6.43. The van der Waals surface area contributed by atoms with Gasteiger partial charge in [0.05, 0.1) is 18.6 Å². The molecule has 0 bridgehead atoms. The van der Waals surface area contributed by atoms with Crippen LogP contribution in [0.3, 0.4) is 0 Å². The van der Waals surface area contributed by atoms with Crippen LogP contribution in [0.25, 0.3) is 0 Å². The summed E-state index contributed by atoms with van der Waals surface area (Å²) >= 11 is 0. The molecule has 0 saturated carbocycles. The second kappa shape index (κ2) is 6.55. The maximum Gasteiger partial charge on any atom is 0.311 e. The van der Waals surface area contributed by atoms with Gasteiger partial charge in [0.2, 0.25) is 0 Å². The number of aliphatic hydroxyl groups is 1. The number of rotatable bonds is 5. The first kappa shape index (κ1) is 14.7. The van der Waals surface area contributed by atoms with Crippen LogP contribution in [0.5, 0.6) is 0 Å². The molecule has 1 rings (SSSR count). The molecule has 3 nitrogen and oxygen atoms in total. The lowest BCUT2D eigenvalue weighted by molar-refractivity contribution is -0.152. The summed E-state index contributed by atoms with van der Waals surface area (Å²) in [5.41, 5.74) is 3.07. The standard InChI is InChI=1S/C15H22O3/c1-5-13(15(17)18-6-2)14(16)12-8-7-10(3)11(4)9-12/h7-9,13-14,16H,5-6H2,1-4H3. The number of aryl methyl sites for hydroxylation is 2. The molecule has 100 valence electrons. The van der Waals surface area contributed by atoms with Crippen LogP contribution < -0.4 is 0 Å². The van der Waals surface area contributed by atoms with Gasteiger partial charge in [0, 0.05) is 0 Å². The van der Waals surface area contributed by atoms with E-state index in [0.717, 1.165) is 11.1 Å². The van der Waals surface area contributed by atoms with Gasteiger partial charge in [0.25, 0.3) is 0 Å². The molecule has 0 aliphatic carbocycles. The minimum Gasteiger partial charge on any atom is -0.466 e. The molecule has 0 aliphatic rings. The summed E-state index contributed by atoms with van der Waals surface area (Å²) in [6, 6.07) is 5.77. The van der Waals surface area contributed by atoms with Gasteiger partial charge in [-0.3, -0.25) is 4.79 Å². The summed E-state index contributed by atoms with van der Waals surface area (Å²) in [6.07, 6.45) is -0.235. The molecule has 0 heterocycles. The second-order valence-electron chi connectivity index (χ2n) is 4.56. The zero-order valence-corrected chi connectivity index (χ0v) is 11.6. The smallest absolute Gasteiger partial charge is 0.311 e. The largest absolute Gasteiger partial charge is 0.466 e. The molecule has 3 heteroatoms. The van der Waals surface area contributed by atoms with E-state index < -0.39 is 12.0 Å². The van der Waals surface area contributed by atoms with Crippen molar-refractivity contribution in [2.24, 2.45) is 5.92 Å². The summed E-state index contributed by atoms with van der Waals surface area (Å²) in [6.45, 7) is 8.01. The zero-order valence-electron chi connectivity index (χ0n) is 11.6. The zero-order chi connectivity index (χ0) is 13.7. The Hall–Kier alpha value is -1.35. The van der Waals surface area contributed by atoms with Crippen LogP contribution in [-0.4, -0.2) is 17.7 Å². The van der Waals surface area contributed by atoms with Crippen LogP contribution in [-0.2, 0) is 9.53 Å². The molecule has 0 fully saturated rings. The van der Waals surface area contributed by atoms with Crippen molar-refractivity contribution >= 4 is 5.97 Å². The quantitative estimate of drug-likeness (QED) is 0.817. The number of aliphatic hydroxyl groups excluding tert-OH is 1. The summed E-state index contributed by atoms with van der Waals surface area (Å²) in [7, 11) is 0. The van der Waals surface area contributed by atoms with E-state index in [1.165, 1.54) is 5.56 Å². The predicted octanol–water partition coefficient (Wildman–Crippen LogP) is 2.93. The van der Waals surface area contributed by atoms with Gasteiger partial charge < -0.3 is 9.84 Å². The fraction of sp³-hybridized carbons (Fsp3) is 0.533. The fourth-order valence-corrected chi connectivity index (χ4v) is 1.95. The topological polar surface area (TPSA) is 46.5 Å². The van der Waals surface area contributed by atoms with E-state index in [-0.39, 0.29) is 5.97 Å². The van der Waals surface area contributed by atoms with E-state index in [9.17, 15) is 9.90 Å². The Morgan fingerprint density at radius 2 is 1.94 bits per heavy atom. The predicted molar refractivity (Wildman–Crippen MR) is 71.3 cm³/mol. The number of ether oxygens (including phenoxy) is 1. The fourth-order valence-electron chi connectivity index (χ4n) is 1.95. The van der Waals surface area contributed by atoms with E-state index in [2.05, 4.69) is 0 Å². The normalized spacial score (nSPS) is 14.1. The van der Waals surface area contributed by atoms with E-state index in [1.54, 1.807) is 6.92 Å². The molecule has 2 unspecified atom stereocenters. The van der Waals surface area contributed by atoms with Crippen molar-refractivity contribution < 1.29 is 14.6 Å². The molecule has 2 atom stereocenters. The molecule has 0 aliphatic heterocycles. The summed E-state index contributed by atoms with van der Waals surface area (Å²) < 4.78 is 4.99. The number of carbonyl (C=O) groups excluding carboxylic acids is 1. The monoisotopic (exact) mass is 250 g/mol.